The minimum atomic E-state index is 0.803. The zero-order valence-electron chi connectivity index (χ0n) is 5.77. The van der Waals surface area contributed by atoms with Crippen LogP contribution in [-0.2, 0) is 0 Å². The van der Waals surface area contributed by atoms with Crippen LogP contribution in [0, 0.1) is 0 Å². The van der Waals surface area contributed by atoms with Gasteiger partial charge in [-0.25, -0.2) is 0 Å². The summed E-state index contributed by atoms with van der Waals surface area (Å²) in [5.74, 6) is 0. The van der Waals surface area contributed by atoms with Gasteiger partial charge in [0.15, 0.2) is 0 Å². The minimum Gasteiger partial charge on any atom is -0.275 e. The zero-order chi connectivity index (χ0) is 7.94. The van der Waals surface area contributed by atoms with Gasteiger partial charge in [-0.2, -0.15) is 5.10 Å². The Bertz CT molecular complexity index is 245. The van der Waals surface area contributed by atoms with Crippen LogP contribution in [0.25, 0.3) is 0 Å². The van der Waals surface area contributed by atoms with Crippen LogP contribution >= 0.6 is 12.2 Å². The van der Waals surface area contributed by atoms with Gasteiger partial charge >= 0.3 is 0 Å². The molecule has 0 atom stereocenters. The van der Waals surface area contributed by atoms with E-state index in [2.05, 4.69) is 27.7 Å². The number of aromatic nitrogens is 1. The highest BCUT2D eigenvalue weighted by molar-refractivity contribution is 7.78. The van der Waals surface area contributed by atoms with Crippen molar-refractivity contribution in [1.29, 1.82) is 0 Å². The van der Waals surface area contributed by atoms with Gasteiger partial charge in [0, 0.05) is 6.20 Å². The third-order valence-corrected chi connectivity index (χ3v) is 1.12. The van der Waals surface area contributed by atoms with Crippen LogP contribution in [0.3, 0.4) is 0 Å². The van der Waals surface area contributed by atoms with E-state index in [1.807, 2.05) is 18.2 Å². The zero-order valence-corrected chi connectivity index (χ0v) is 6.58. The Hall–Kier alpha value is -1.29. The van der Waals surface area contributed by atoms with Gasteiger partial charge in [0.2, 0.25) is 0 Å². The molecule has 0 aliphatic carbocycles. The Morgan fingerprint density at radius 1 is 1.55 bits per heavy atom. The van der Waals surface area contributed by atoms with Gasteiger partial charge in [-0.3, -0.25) is 10.4 Å². The van der Waals surface area contributed by atoms with Gasteiger partial charge in [-0.15, -0.1) is 0 Å². The molecule has 0 bridgehead atoms. The van der Waals surface area contributed by atoms with Crippen LogP contribution in [0.5, 0.6) is 0 Å². The average Bonchev–Trinajstić information content (AvgIpc) is 2.07. The van der Waals surface area contributed by atoms with Crippen molar-refractivity contribution in [3.8, 4) is 0 Å². The molecule has 1 heterocycles. The third-order valence-electron chi connectivity index (χ3n) is 1.01. The number of hydrogen-bond acceptors (Lipinski definition) is 3. The molecule has 0 spiro atoms. The summed E-state index contributed by atoms with van der Waals surface area (Å²) in [6, 6.07) is 5.60. The predicted molar refractivity (Wildman–Crippen MR) is 48.6 cm³/mol. The minimum absolute atomic E-state index is 0.803. The van der Waals surface area contributed by atoms with E-state index in [0.29, 0.717) is 0 Å². The molecule has 1 N–H and O–H groups in total. The normalized spacial score (nSPS) is 9.82. The first kappa shape index (κ1) is 7.81. The van der Waals surface area contributed by atoms with Gasteiger partial charge in [0.1, 0.15) is 0 Å². The average molecular weight is 165 g/mol. The molecular formula is C7H7N3S. The van der Waals surface area contributed by atoms with Crippen molar-refractivity contribution in [3.05, 3.63) is 30.1 Å². The maximum absolute atomic E-state index is 4.50. The Morgan fingerprint density at radius 2 is 2.45 bits per heavy atom. The summed E-state index contributed by atoms with van der Waals surface area (Å²) in [5.41, 5.74) is 4.65. The first-order valence-electron chi connectivity index (χ1n) is 3.07. The van der Waals surface area contributed by atoms with Crippen molar-refractivity contribution in [1.82, 2.24) is 10.4 Å². The standard InChI is InChI=1S/C7H7N3S/c11-6-10-9-5-7-3-1-2-4-8-7/h1-6H,(H,10,11)/b9-5+. The van der Waals surface area contributed by atoms with E-state index in [9.17, 15) is 0 Å². The van der Waals surface area contributed by atoms with E-state index in [1.165, 1.54) is 5.49 Å². The molecule has 0 radical (unpaired) electrons. The largest absolute Gasteiger partial charge is 0.275 e. The summed E-state index contributed by atoms with van der Waals surface area (Å²) in [7, 11) is 0. The second-order valence-electron chi connectivity index (χ2n) is 1.76. The Morgan fingerprint density at radius 3 is 3.09 bits per heavy atom. The number of rotatable bonds is 3. The van der Waals surface area contributed by atoms with Gasteiger partial charge in [0.05, 0.1) is 17.4 Å². The first-order valence-corrected chi connectivity index (χ1v) is 3.54. The maximum atomic E-state index is 4.50. The number of hydrazone groups is 1. The smallest absolute Gasteiger partial charge is 0.0830 e. The molecule has 1 rings (SSSR count). The van der Waals surface area contributed by atoms with Gasteiger partial charge in [-0.1, -0.05) is 18.3 Å². The molecule has 11 heavy (non-hydrogen) atoms. The molecule has 0 unspecified atom stereocenters. The number of hydrogen-bond donors (Lipinski definition) is 1. The second kappa shape index (κ2) is 4.51. The van der Waals surface area contributed by atoms with Crippen molar-refractivity contribution in [2.75, 3.05) is 0 Å². The molecule has 0 saturated carbocycles. The summed E-state index contributed by atoms with van der Waals surface area (Å²) < 4.78 is 0. The van der Waals surface area contributed by atoms with Crippen molar-refractivity contribution in [2.45, 2.75) is 0 Å². The molecule has 3 nitrogen and oxygen atoms in total. The molecule has 1 aromatic rings. The Kier molecular flexibility index (Phi) is 3.21. The molecule has 1 aromatic heterocycles. The molecule has 56 valence electrons. The van der Waals surface area contributed by atoms with E-state index >= 15 is 0 Å². The summed E-state index contributed by atoms with van der Waals surface area (Å²) in [4.78, 5) is 4.01. The predicted octanol–water partition coefficient (Wildman–Crippen LogP) is 0.962. The molecular weight excluding hydrogens is 158 g/mol. The lowest BCUT2D eigenvalue weighted by molar-refractivity contribution is 1.08. The lowest BCUT2D eigenvalue weighted by Crippen LogP contribution is -1.99. The number of thiocarbonyl (C=S) groups is 1. The fraction of sp³-hybridized carbons (Fsp3) is 0. The van der Waals surface area contributed by atoms with Crippen molar-refractivity contribution in [2.24, 2.45) is 5.10 Å². The van der Waals surface area contributed by atoms with Gasteiger partial charge in [0.25, 0.3) is 0 Å². The highest BCUT2D eigenvalue weighted by Gasteiger charge is 1.82. The highest BCUT2D eigenvalue weighted by atomic mass is 32.1. The Balaban J connectivity index is 2.57. The number of nitrogens with zero attached hydrogens (tertiary/aromatic N) is 2. The summed E-state index contributed by atoms with van der Waals surface area (Å²) >= 11 is 4.50. The van der Waals surface area contributed by atoms with E-state index in [-0.39, 0.29) is 0 Å². The van der Waals surface area contributed by atoms with Crippen LogP contribution in [0.15, 0.2) is 29.5 Å². The SMILES string of the molecule is S=CN/N=C/c1ccccn1. The van der Waals surface area contributed by atoms with Crippen LogP contribution in [-0.4, -0.2) is 16.7 Å². The van der Waals surface area contributed by atoms with E-state index in [0.717, 1.165) is 5.69 Å². The molecule has 0 saturated heterocycles. The molecule has 4 heteroatoms. The molecule has 0 aromatic carbocycles. The van der Waals surface area contributed by atoms with Gasteiger partial charge < -0.3 is 0 Å². The Labute approximate surface area is 70.2 Å². The first-order chi connectivity index (χ1) is 5.43. The third kappa shape index (κ3) is 2.86. The number of nitrogens with one attached hydrogen (secondary N) is 1. The highest BCUT2D eigenvalue weighted by Crippen LogP contribution is 1.86. The van der Waals surface area contributed by atoms with Crippen molar-refractivity contribution in [3.63, 3.8) is 0 Å². The van der Waals surface area contributed by atoms with Crippen LogP contribution in [0.4, 0.5) is 0 Å². The fourth-order valence-electron chi connectivity index (χ4n) is 0.586. The topological polar surface area (TPSA) is 37.3 Å². The molecule has 0 amide bonds. The quantitative estimate of drug-likeness (QED) is 0.412. The maximum Gasteiger partial charge on any atom is 0.0830 e. The van der Waals surface area contributed by atoms with E-state index in [4.69, 9.17) is 0 Å². The van der Waals surface area contributed by atoms with E-state index in [1.54, 1.807) is 12.4 Å². The van der Waals surface area contributed by atoms with Crippen LogP contribution in [0.1, 0.15) is 5.69 Å². The van der Waals surface area contributed by atoms with Crippen LogP contribution < -0.4 is 5.43 Å². The molecule has 0 aliphatic rings. The fourth-order valence-corrected chi connectivity index (χ4v) is 0.647. The monoisotopic (exact) mass is 165 g/mol. The summed E-state index contributed by atoms with van der Waals surface area (Å²) in [6.45, 7) is 0. The number of pyridine rings is 1. The van der Waals surface area contributed by atoms with E-state index < -0.39 is 0 Å². The molecule has 0 fully saturated rings. The summed E-state index contributed by atoms with van der Waals surface area (Å²) in [5, 5.41) is 3.76. The second-order valence-corrected chi connectivity index (χ2v) is 2.00. The van der Waals surface area contributed by atoms with Crippen LogP contribution in [0.2, 0.25) is 0 Å². The van der Waals surface area contributed by atoms with Crippen molar-refractivity contribution < 1.29 is 0 Å². The van der Waals surface area contributed by atoms with Gasteiger partial charge in [-0.05, 0) is 12.1 Å². The van der Waals surface area contributed by atoms with Crippen molar-refractivity contribution >= 4 is 23.9 Å². The lowest BCUT2D eigenvalue weighted by atomic mass is 10.4. The molecule has 0 aliphatic heterocycles. The summed E-state index contributed by atoms with van der Waals surface area (Å²) in [6.07, 6.45) is 3.31. The lowest BCUT2D eigenvalue weighted by Gasteiger charge is -1.88.